The van der Waals surface area contributed by atoms with E-state index in [1.54, 1.807) is 6.07 Å². The minimum absolute atomic E-state index is 0.145. The van der Waals surface area contributed by atoms with Crippen LogP contribution in [0.1, 0.15) is 69.1 Å². The first-order valence-electron chi connectivity index (χ1n) is 10.0. The van der Waals surface area contributed by atoms with Gasteiger partial charge in [-0.15, -0.1) is 0 Å². The van der Waals surface area contributed by atoms with Crippen molar-refractivity contribution in [2.24, 2.45) is 5.92 Å². The lowest BCUT2D eigenvalue weighted by molar-refractivity contribution is 0.494. The molecule has 2 atom stereocenters. The Labute approximate surface area is 164 Å². The van der Waals surface area contributed by atoms with Crippen molar-refractivity contribution in [1.29, 1.82) is 0 Å². The van der Waals surface area contributed by atoms with Crippen LogP contribution in [0.4, 0.5) is 4.39 Å². The first kappa shape index (κ1) is 21.2. The minimum Gasteiger partial charge on any atom is -0.207 e. The molecule has 0 aromatic heterocycles. The highest BCUT2D eigenvalue weighted by molar-refractivity contribution is 5.35. The zero-order valence-electron chi connectivity index (χ0n) is 17.3. The van der Waals surface area contributed by atoms with Crippen LogP contribution < -0.4 is 0 Å². The predicted molar refractivity (Wildman–Crippen MR) is 116 cm³/mol. The van der Waals surface area contributed by atoms with E-state index in [0.29, 0.717) is 23.8 Å². The summed E-state index contributed by atoms with van der Waals surface area (Å²) in [6, 6.07) is 15.9. The van der Waals surface area contributed by atoms with Crippen LogP contribution in [0.25, 0.3) is 0 Å². The van der Waals surface area contributed by atoms with Gasteiger partial charge in [-0.3, -0.25) is 0 Å². The van der Waals surface area contributed by atoms with Gasteiger partial charge in [0.05, 0.1) is 0 Å². The van der Waals surface area contributed by atoms with Crippen molar-refractivity contribution in [3.63, 3.8) is 0 Å². The molecule has 0 aliphatic carbocycles. The summed E-state index contributed by atoms with van der Waals surface area (Å²) >= 11 is 0. The first-order chi connectivity index (χ1) is 12.8. The molecule has 0 fully saturated rings. The van der Waals surface area contributed by atoms with Crippen molar-refractivity contribution in [3.05, 3.63) is 95.3 Å². The fourth-order valence-corrected chi connectivity index (χ4v) is 3.96. The summed E-state index contributed by atoms with van der Waals surface area (Å²) in [7, 11) is 0. The smallest absolute Gasteiger partial charge is 0.126 e. The molecule has 0 bridgehead atoms. The van der Waals surface area contributed by atoms with Crippen LogP contribution in [0, 0.1) is 11.7 Å². The second-order valence-corrected chi connectivity index (χ2v) is 7.97. The molecule has 0 saturated carbocycles. The molecule has 0 spiro atoms. The zero-order valence-corrected chi connectivity index (χ0v) is 17.3. The highest BCUT2D eigenvalue weighted by atomic mass is 19.1. The van der Waals surface area contributed by atoms with Gasteiger partial charge < -0.3 is 0 Å². The number of benzene rings is 2. The van der Waals surface area contributed by atoms with E-state index < -0.39 is 0 Å². The van der Waals surface area contributed by atoms with Gasteiger partial charge in [-0.05, 0) is 54.4 Å². The van der Waals surface area contributed by atoms with Gasteiger partial charge in [0, 0.05) is 5.92 Å². The van der Waals surface area contributed by atoms with E-state index in [4.69, 9.17) is 0 Å². The maximum absolute atomic E-state index is 14.2. The molecule has 0 aliphatic heterocycles. The third-order valence-electron chi connectivity index (χ3n) is 5.35. The second-order valence-electron chi connectivity index (χ2n) is 7.97. The van der Waals surface area contributed by atoms with Crippen molar-refractivity contribution >= 4 is 0 Å². The third kappa shape index (κ3) is 5.42. The van der Waals surface area contributed by atoms with E-state index in [1.165, 1.54) is 17.2 Å². The highest BCUT2D eigenvalue weighted by Crippen LogP contribution is 2.39. The largest absolute Gasteiger partial charge is 0.207 e. The number of halogens is 1. The van der Waals surface area contributed by atoms with Crippen molar-refractivity contribution in [1.82, 2.24) is 0 Å². The molecule has 0 aliphatic rings. The van der Waals surface area contributed by atoms with Crippen LogP contribution in [0.15, 0.2) is 72.8 Å². The van der Waals surface area contributed by atoms with Gasteiger partial charge in [-0.1, -0.05) is 94.0 Å². The number of allylic oxidation sites excluding steroid dienone is 2. The monoisotopic (exact) mass is 364 g/mol. The molecule has 2 rings (SSSR count). The molecular formula is C26H33F. The average Bonchev–Trinajstić information content (AvgIpc) is 2.63. The molecule has 0 saturated heterocycles. The standard InChI is InChI=1S/C26H33F/c1-7-11-24(22-14-10-13-21(17-22)18(2)3)26(19(4)5)20(6)16-23-12-8-9-15-25(23)27/h8-10,12-15,17-18,24,26H,4,6-7,11,16H2,1-3,5H3. The van der Waals surface area contributed by atoms with Gasteiger partial charge in [0.25, 0.3) is 0 Å². The molecule has 2 aromatic rings. The fraction of sp³-hybridized carbons (Fsp3) is 0.385. The van der Waals surface area contributed by atoms with Crippen molar-refractivity contribution in [2.45, 2.75) is 58.8 Å². The number of hydrogen-bond donors (Lipinski definition) is 0. The molecule has 0 nitrogen and oxygen atoms in total. The Bertz CT molecular complexity index is 784. The normalized spacial score (nSPS) is 13.4. The van der Waals surface area contributed by atoms with Gasteiger partial charge in [0.15, 0.2) is 0 Å². The lowest BCUT2D eigenvalue weighted by atomic mass is 9.74. The lowest BCUT2D eigenvalue weighted by Gasteiger charge is -2.30. The Morgan fingerprint density at radius 1 is 1.00 bits per heavy atom. The van der Waals surface area contributed by atoms with Crippen LogP contribution in [-0.4, -0.2) is 0 Å². The van der Waals surface area contributed by atoms with E-state index in [9.17, 15) is 4.39 Å². The molecule has 0 heterocycles. The van der Waals surface area contributed by atoms with Crippen molar-refractivity contribution in [2.75, 3.05) is 0 Å². The fourth-order valence-electron chi connectivity index (χ4n) is 3.96. The van der Waals surface area contributed by atoms with E-state index in [0.717, 1.165) is 24.0 Å². The lowest BCUT2D eigenvalue weighted by Crippen LogP contribution is -2.18. The molecule has 0 amide bonds. The number of hydrogen-bond acceptors (Lipinski definition) is 0. The minimum atomic E-state index is -0.159. The Morgan fingerprint density at radius 2 is 1.67 bits per heavy atom. The van der Waals surface area contributed by atoms with Crippen LogP contribution in [0.3, 0.4) is 0 Å². The van der Waals surface area contributed by atoms with Gasteiger partial charge in [-0.2, -0.15) is 0 Å². The van der Waals surface area contributed by atoms with Crippen LogP contribution in [-0.2, 0) is 6.42 Å². The van der Waals surface area contributed by atoms with E-state index in [1.807, 2.05) is 12.1 Å². The number of rotatable bonds is 9. The summed E-state index contributed by atoms with van der Waals surface area (Å²) < 4.78 is 14.2. The second kappa shape index (κ2) is 9.69. The molecule has 0 N–H and O–H groups in total. The Morgan fingerprint density at radius 3 is 2.26 bits per heavy atom. The summed E-state index contributed by atoms with van der Waals surface area (Å²) in [5, 5.41) is 0. The summed E-state index contributed by atoms with van der Waals surface area (Å²) in [5.74, 6) is 0.808. The Hall–Kier alpha value is -2.15. The summed E-state index contributed by atoms with van der Waals surface area (Å²) in [6.07, 6.45) is 2.71. The molecule has 2 unspecified atom stereocenters. The van der Waals surface area contributed by atoms with E-state index in [-0.39, 0.29) is 11.7 Å². The van der Waals surface area contributed by atoms with Crippen LogP contribution in [0.5, 0.6) is 0 Å². The molecule has 1 heteroatoms. The summed E-state index contributed by atoms with van der Waals surface area (Å²) in [6.45, 7) is 17.4. The van der Waals surface area contributed by atoms with Crippen molar-refractivity contribution < 1.29 is 4.39 Å². The van der Waals surface area contributed by atoms with E-state index in [2.05, 4.69) is 65.1 Å². The molecule has 144 valence electrons. The summed E-state index contributed by atoms with van der Waals surface area (Å²) in [5.41, 5.74) is 5.55. The molecule has 2 aromatic carbocycles. The van der Waals surface area contributed by atoms with Gasteiger partial charge in [-0.25, -0.2) is 4.39 Å². The van der Waals surface area contributed by atoms with Crippen LogP contribution >= 0.6 is 0 Å². The maximum Gasteiger partial charge on any atom is 0.126 e. The third-order valence-corrected chi connectivity index (χ3v) is 5.35. The Balaban J connectivity index is 2.38. The van der Waals surface area contributed by atoms with Gasteiger partial charge in [0.1, 0.15) is 5.82 Å². The van der Waals surface area contributed by atoms with Gasteiger partial charge in [0.2, 0.25) is 0 Å². The predicted octanol–water partition coefficient (Wildman–Crippen LogP) is 7.82. The first-order valence-corrected chi connectivity index (χ1v) is 10.0. The SMILES string of the molecule is C=C(C)C(C(=C)Cc1ccccc1F)C(CCC)c1cccc(C(C)C)c1. The van der Waals surface area contributed by atoms with Crippen LogP contribution in [0.2, 0.25) is 0 Å². The molecule has 0 radical (unpaired) electrons. The van der Waals surface area contributed by atoms with E-state index >= 15 is 0 Å². The van der Waals surface area contributed by atoms with Crippen molar-refractivity contribution in [3.8, 4) is 0 Å². The highest BCUT2D eigenvalue weighted by Gasteiger charge is 2.26. The molecular weight excluding hydrogens is 331 g/mol. The van der Waals surface area contributed by atoms with Gasteiger partial charge >= 0.3 is 0 Å². The maximum atomic E-state index is 14.2. The summed E-state index contributed by atoms with van der Waals surface area (Å²) in [4.78, 5) is 0. The topological polar surface area (TPSA) is 0 Å². The molecule has 27 heavy (non-hydrogen) atoms. The zero-order chi connectivity index (χ0) is 20.0. The average molecular weight is 365 g/mol. The Kier molecular flexibility index (Phi) is 7.59. The quantitative estimate of drug-likeness (QED) is 0.398.